The minimum Gasteiger partial charge on any atom is -0.324 e. The van der Waals surface area contributed by atoms with Crippen LogP contribution >= 0.6 is 11.6 Å². The fourth-order valence-corrected chi connectivity index (χ4v) is 1.19. The van der Waals surface area contributed by atoms with Crippen molar-refractivity contribution in [2.45, 2.75) is 34.1 Å². The summed E-state index contributed by atoms with van der Waals surface area (Å²) >= 11 is 5.81. The number of anilines is 1. The average Bonchev–Trinajstić information content (AvgIpc) is 2.23. The summed E-state index contributed by atoms with van der Waals surface area (Å²) < 4.78 is 0. The van der Waals surface area contributed by atoms with E-state index in [0.29, 0.717) is 10.8 Å². The Bertz CT molecular complexity index is 402. The number of nitrogens with zero attached hydrogens (tertiary/aromatic N) is 1. The molecule has 0 aliphatic rings. The smallest absolute Gasteiger partial charge is 0.230 e. The lowest BCUT2D eigenvalue weighted by Gasteiger charge is -2.21. The van der Waals surface area contributed by atoms with Gasteiger partial charge < -0.3 is 5.32 Å². The van der Waals surface area contributed by atoms with Gasteiger partial charge >= 0.3 is 0 Å². The third-order valence-corrected chi connectivity index (χ3v) is 3.17. The molecule has 16 heavy (non-hydrogen) atoms. The fraction of sp³-hybridized carbons (Fsp3) is 0.500. The van der Waals surface area contributed by atoms with Crippen molar-refractivity contribution in [1.82, 2.24) is 4.98 Å². The van der Waals surface area contributed by atoms with Crippen LogP contribution in [0, 0.1) is 12.3 Å². The van der Waals surface area contributed by atoms with Crippen LogP contribution in [-0.4, -0.2) is 10.9 Å². The molecule has 0 atom stereocenters. The van der Waals surface area contributed by atoms with Crippen LogP contribution in [0.25, 0.3) is 0 Å². The number of carbonyl (C=O) groups is 1. The largest absolute Gasteiger partial charge is 0.324 e. The Balaban J connectivity index is 2.82. The van der Waals surface area contributed by atoms with Gasteiger partial charge in [-0.25, -0.2) is 4.98 Å². The van der Waals surface area contributed by atoms with Crippen LogP contribution in [0.1, 0.15) is 32.8 Å². The van der Waals surface area contributed by atoms with Crippen LogP contribution in [0.15, 0.2) is 12.3 Å². The molecule has 1 aromatic heterocycles. The molecule has 4 heteroatoms. The number of rotatable bonds is 3. The van der Waals surface area contributed by atoms with Gasteiger partial charge in [-0.1, -0.05) is 32.4 Å². The maximum Gasteiger partial charge on any atom is 0.230 e. The van der Waals surface area contributed by atoms with Gasteiger partial charge in [-0.05, 0) is 25.0 Å². The van der Waals surface area contributed by atoms with Crippen molar-refractivity contribution in [2.24, 2.45) is 5.41 Å². The number of hydrogen-bond donors (Lipinski definition) is 1. The Labute approximate surface area is 101 Å². The highest BCUT2D eigenvalue weighted by Gasteiger charge is 2.25. The first-order valence-corrected chi connectivity index (χ1v) is 5.68. The molecule has 0 aliphatic carbocycles. The van der Waals surface area contributed by atoms with E-state index < -0.39 is 0 Å². The second-order valence-electron chi connectivity index (χ2n) is 4.52. The molecule has 1 N–H and O–H groups in total. The molecule has 0 unspecified atom stereocenters. The molecule has 0 fully saturated rings. The van der Waals surface area contributed by atoms with Gasteiger partial charge in [0.2, 0.25) is 5.91 Å². The molecule has 1 heterocycles. The van der Waals surface area contributed by atoms with Gasteiger partial charge in [-0.2, -0.15) is 0 Å². The van der Waals surface area contributed by atoms with Crippen LogP contribution < -0.4 is 5.32 Å². The number of halogens is 1. The monoisotopic (exact) mass is 240 g/mol. The van der Waals surface area contributed by atoms with Crippen LogP contribution in [0.5, 0.6) is 0 Å². The lowest BCUT2D eigenvalue weighted by molar-refractivity contribution is -0.124. The van der Waals surface area contributed by atoms with E-state index in [1.165, 1.54) is 0 Å². The van der Waals surface area contributed by atoms with Gasteiger partial charge in [0, 0.05) is 5.41 Å². The molecule has 1 amide bonds. The third kappa shape index (κ3) is 2.95. The van der Waals surface area contributed by atoms with Gasteiger partial charge in [-0.15, -0.1) is 0 Å². The minimum absolute atomic E-state index is 0.00137. The van der Waals surface area contributed by atoms with E-state index in [1.54, 1.807) is 6.20 Å². The van der Waals surface area contributed by atoms with E-state index >= 15 is 0 Å². The van der Waals surface area contributed by atoms with Crippen LogP contribution in [0.4, 0.5) is 5.69 Å². The number of aromatic nitrogens is 1. The zero-order valence-electron chi connectivity index (χ0n) is 10.1. The Hall–Kier alpha value is -1.09. The summed E-state index contributed by atoms with van der Waals surface area (Å²) in [5.41, 5.74) is 1.18. The molecule has 0 bridgehead atoms. The summed E-state index contributed by atoms with van der Waals surface area (Å²) in [6, 6.07) is 1.82. The van der Waals surface area contributed by atoms with Crippen LogP contribution in [0.3, 0.4) is 0 Å². The number of nitrogens with one attached hydrogen (secondary N) is 1. The lowest BCUT2D eigenvalue weighted by Crippen LogP contribution is -2.30. The average molecular weight is 241 g/mol. The highest BCUT2D eigenvalue weighted by molar-refractivity contribution is 6.30. The third-order valence-electron chi connectivity index (χ3n) is 2.77. The highest BCUT2D eigenvalue weighted by Crippen LogP contribution is 2.23. The van der Waals surface area contributed by atoms with Crippen molar-refractivity contribution in [3.8, 4) is 0 Å². The van der Waals surface area contributed by atoms with Crippen LogP contribution in [-0.2, 0) is 4.79 Å². The molecule has 0 aromatic carbocycles. The summed E-state index contributed by atoms with van der Waals surface area (Å²) in [4.78, 5) is 15.9. The number of carbonyl (C=O) groups excluding carboxylic acids is 1. The van der Waals surface area contributed by atoms with Crippen molar-refractivity contribution in [2.75, 3.05) is 5.32 Å². The van der Waals surface area contributed by atoms with E-state index in [4.69, 9.17) is 11.6 Å². The van der Waals surface area contributed by atoms with Crippen molar-refractivity contribution in [3.63, 3.8) is 0 Å². The Morgan fingerprint density at radius 3 is 2.69 bits per heavy atom. The summed E-state index contributed by atoms with van der Waals surface area (Å²) in [5.74, 6) is -0.00137. The summed E-state index contributed by atoms with van der Waals surface area (Å²) in [7, 11) is 0. The predicted octanol–water partition coefficient (Wildman–Crippen LogP) is 3.42. The van der Waals surface area contributed by atoms with E-state index in [0.717, 1.165) is 12.0 Å². The second-order valence-corrected chi connectivity index (χ2v) is 4.88. The Kier molecular flexibility index (Phi) is 3.92. The standard InChI is InChI=1S/C12H17ClN2O/c1-5-12(3,4)11(16)15-9-6-8(2)10(13)14-7-9/h6-7H,5H2,1-4H3,(H,15,16). The Morgan fingerprint density at radius 1 is 1.56 bits per heavy atom. The molecule has 0 spiro atoms. The van der Waals surface area contributed by atoms with Gasteiger partial charge in [0.05, 0.1) is 11.9 Å². The SMILES string of the molecule is CCC(C)(C)C(=O)Nc1cnc(Cl)c(C)c1. The number of hydrogen-bond acceptors (Lipinski definition) is 2. The van der Waals surface area contributed by atoms with Crippen molar-refractivity contribution in [1.29, 1.82) is 0 Å². The predicted molar refractivity (Wildman–Crippen MR) is 66.7 cm³/mol. The quantitative estimate of drug-likeness (QED) is 0.823. The minimum atomic E-state index is -0.368. The molecule has 1 aromatic rings. The molecule has 0 radical (unpaired) electrons. The molecular weight excluding hydrogens is 224 g/mol. The normalized spacial score (nSPS) is 11.3. The fourth-order valence-electron chi connectivity index (χ4n) is 1.09. The zero-order valence-corrected chi connectivity index (χ0v) is 10.9. The molecule has 1 rings (SSSR count). The molecule has 88 valence electrons. The van der Waals surface area contributed by atoms with Crippen molar-refractivity contribution < 1.29 is 4.79 Å². The number of amides is 1. The van der Waals surface area contributed by atoms with E-state index in [2.05, 4.69) is 10.3 Å². The van der Waals surface area contributed by atoms with E-state index in [1.807, 2.05) is 33.8 Å². The Morgan fingerprint density at radius 2 is 2.19 bits per heavy atom. The van der Waals surface area contributed by atoms with E-state index in [-0.39, 0.29) is 11.3 Å². The zero-order chi connectivity index (χ0) is 12.3. The van der Waals surface area contributed by atoms with Crippen molar-refractivity contribution >= 4 is 23.2 Å². The van der Waals surface area contributed by atoms with Crippen molar-refractivity contribution in [3.05, 3.63) is 23.0 Å². The maximum atomic E-state index is 11.9. The first-order valence-electron chi connectivity index (χ1n) is 5.30. The first-order chi connectivity index (χ1) is 7.36. The van der Waals surface area contributed by atoms with Gasteiger partial charge in [0.1, 0.15) is 5.15 Å². The van der Waals surface area contributed by atoms with Gasteiger partial charge in [0.25, 0.3) is 0 Å². The molecular formula is C12H17ClN2O. The van der Waals surface area contributed by atoms with E-state index in [9.17, 15) is 4.79 Å². The molecule has 0 aliphatic heterocycles. The number of aryl methyl sites for hydroxylation is 1. The summed E-state index contributed by atoms with van der Waals surface area (Å²) in [6.07, 6.45) is 2.36. The summed E-state index contributed by atoms with van der Waals surface area (Å²) in [6.45, 7) is 7.68. The number of pyridine rings is 1. The molecule has 0 saturated carbocycles. The maximum absolute atomic E-state index is 11.9. The summed E-state index contributed by atoms with van der Waals surface area (Å²) in [5, 5.41) is 3.31. The van der Waals surface area contributed by atoms with Gasteiger partial charge in [-0.3, -0.25) is 4.79 Å². The first kappa shape index (κ1) is 13.0. The topological polar surface area (TPSA) is 42.0 Å². The lowest BCUT2D eigenvalue weighted by atomic mass is 9.89. The second kappa shape index (κ2) is 4.83. The highest BCUT2D eigenvalue weighted by atomic mass is 35.5. The molecule has 0 saturated heterocycles. The molecule has 3 nitrogen and oxygen atoms in total. The van der Waals surface area contributed by atoms with Gasteiger partial charge in [0.15, 0.2) is 0 Å². The van der Waals surface area contributed by atoms with Crippen LogP contribution in [0.2, 0.25) is 5.15 Å².